The van der Waals surface area contributed by atoms with Crippen LogP contribution in [0.25, 0.3) is 11.2 Å². The molecular weight excluding hydrogens is 254 g/mol. The molecule has 7 nitrogen and oxygen atoms in total. The van der Waals surface area contributed by atoms with Gasteiger partial charge >= 0.3 is 0 Å². The predicted octanol–water partition coefficient (Wildman–Crippen LogP) is 1.39. The van der Waals surface area contributed by atoms with Crippen molar-refractivity contribution in [2.45, 2.75) is 18.9 Å². The maximum absolute atomic E-state index is 4.41. The van der Waals surface area contributed by atoms with Crippen molar-refractivity contribution in [2.24, 2.45) is 0 Å². The lowest BCUT2D eigenvalue weighted by molar-refractivity contribution is 0.395. The zero-order valence-corrected chi connectivity index (χ0v) is 11.0. The fourth-order valence-corrected chi connectivity index (χ4v) is 2.85. The van der Waals surface area contributed by atoms with Crippen molar-refractivity contribution in [3.05, 3.63) is 31.4 Å². The van der Waals surface area contributed by atoms with Gasteiger partial charge in [0.2, 0.25) is 0 Å². The molecule has 1 fully saturated rings. The molecular formula is C13H15N7. The Kier molecular flexibility index (Phi) is 2.61. The van der Waals surface area contributed by atoms with E-state index in [1.807, 2.05) is 18.7 Å². The number of hydrogen-bond acceptors (Lipinski definition) is 5. The Morgan fingerprint density at radius 3 is 2.85 bits per heavy atom. The van der Waals surface area contributed by atoms with Gasteiger partial charge < -0.3 is 14.5 Å². The number of H-pyrrole nitrogens is 1. The van der Waals surface area contributed by atoms with Gasteiger partial charge in [0.1, 0.15) is 11.8 Å². The fourth-order valence-electron chi connectivity index (χ4n) is 2.85. The summed E-state index contributed by atoms with van der Waals surface area (Å²) in [5, 5.41) is 0. The summed E-state index contributed by atoms with van der Waals surface area (Å²) in [6.45, 7) is 1.96. The highest BCUT2D eigenvalue weighted by Gasteiger charge is 2.22. The summed E-state index contributed by atoms with van der Waals surface area (Å²) in [5.41, 5.74) is 1.65. The van der Waals surface area contributed by atoms with Crippen molar-refractivity contribution >= 4 is 17.0 Å². The summed E-state index contributed by atoms with van der Waals surface area (Å²) < 4.78 is 2.20. The van der Waals surface area contributed by atoms with Crippen LogP contribution in [0.3, 0.4) is 0 Å². The van der Waals surface area contributed by atoms with Crippen LogP contribution < -0.4 is 4.90 Å². The molecule has 0 bridgehead atoms. The average molecular weight is 269 g/mol. The normalized spacial score (nSPS) is 16.9. The quantitative estimate of drug-likeness (QED) is 0.761. The van der Waals surface area contributed by atoms with E-state index in [-0.39, 0.29) is 0 Å². The van der Waals surface area contributed by atoms with E-state index in [1.165, 1.54) is 0 Å². The molecule has 1 N–H and O–H groups in total. The predicted molar refractivity (Wildman–Crippen MR) is 74.4 cm³/mol. The number of nitrogens with one attached hydrogen (secondary N) is 1. The van der Waals surface area contributed by atoms with Crippen LogP contribution in [0.2, 0.25) is 0 Å². The largest absolute Gasteiger partial charge is 0.355 e. The van der Waals surface area contributed by atoms with Crippen molar-refractivity contribution in [1.29, 1.82) is 0 Å². The SMILES string of the molecule is c1cn(C2CCN(c3ncnc4nc[nH]c34)CC2)cn1. The maximum Gasteiger partial charge on any atom is 0.182 e. The summed E-state index contributed by atoms with van der Waals surface area (Å²) in [5.74, 6) is 0.955. The highest BCUT2D eigenvalue weighted by molar-refractivity contribution is 5.82. The number of fused-ring (bicyclic) bond motifs is 1. The minimum absolute atomic E-state index is 0.535. The second-order valence-corrected chi connectivity index (χ2v) is 5.03. The first-order valence-corrected chi connectivity index (χ1v) is 6.78. The standard InChI is InChI=1S/C13H15N7/c1-4-19(5-2-10(1)20-6-3-14-9-20)13-11-12(16-7-15-11)17-8-18-13/h3,6-10H,1-2,4-5H2,(H,15,16,17,18). The molecule has 7 heteroatoms. The molecule has 0 unspecified atom stereocenters. The first-order valence-electron chi connectivity index (χ1n) is 6.78. The number of imidazole rings is 2. The van der Waals surface area contributed by atoms with Crippen molar-refractivity contribution in [2.75, 3.05) is 18.0 Å². The third kappa shape index (κ3) is 1.82. The first-order chi connectivity index (χ1) is 9.92. The molecule has 1 aliphatic rings. The van der Waals surface area contributed by atoms with Gasteiger partial charge in [-0.1, -0.05) is 0 Å². The van der Waals surface area contributed by atoms with Crippen LogP contribution in [0.15, 0.2) is 31.4 Å². The van der Waals surface area contributed by atoms with Crippen molar-refractivity contribution in [3.63, 3.8) is 0 Å². The summed E-state index contributed by atoms with van der Waals surface area (Å²) in [6.07, 6.45) is 11.2. The monoisotopic (exact) mass is 269 g/mol. The van der Waals surface area contributed by atoms with Crippen LogP contribution in [-0.2, 0) is 0 Å². The molecule has 0 spiro atoms. The molecule has 0 aliphatic carbocycles. The van der Waals surface area contributed by atoms with Crippen molar-refractivity contribution in [3.8, 4) is 0 Å². The zero-order chi connectivity index (χ0) is 13.4. The minimum Gasteiger partial charge on any atom is -0.355 e. The third-order valence-electron chi connectivity index (χ3n) is 3.91. The van der Waals surface area contributed by atoms with E-state index in [0.717, 1.165) is 42.9 Å². The molecule has 0 radical (unpaired) electrons. The second kappa shape index (κ2) is 4.59. The topological polar surface area (TPSA) is 75.5 Å². The summed E-state index contributed by atoms with van der Waals surface area (Å²) in [7, 11) is 0. The molecule has 1 aliphatic heterocycles. The third-order valence-corrected chi connectivity index (χ3v) is 3.91. The van der Waals surface area contributed by atoms with Gasteiger partial charge in [0, 0.05) is 31.5 Å². The lowest BCUT2D eigenvalue weighted by atomic mass is 10.0. The first kappa shape index (κ1) is 11.4. The van der Waals surface area contributed by atoms with Gasteiger partial charge in [-0.15, -0.1) is 0 Å². The van der Waals surface area contributed by atoms with E-state index in [4.69, 9.17) is 0 Å². The van der Waals surface area contributed by atoms with Crippen molar-refractivity contribution < 1.29 is 0 Å². The van der Waals surface area contributed by atoms with Gasteiger partial charge in [-0.2, -0.15) is 0 Å². The number of piperidine rings is 1. The smallest absolute Gasteiger partial charge is 0.182 e. The lowest BCUT2D eigenvalue weighted by Crippen LogP contribution is -2.35. The molecule has 102 valence electrons. The highest BCUT2D eigenvalue weighted by Crippen LogP contribution is 2.27. The van der Waals surface area contributed by atoms with Crippen LogP contribution in [0, 0.1) is 0 Å². The number of aromatic nitrogens is 6. The van der Waals surface area contributed by atoms with Gasteiger partial charge in [0.25, 0.3) is 0 Å². The number of anilines is 1. The van der Waals surface area contributed by atoms with E-state index in [0.29, 0.717) is 6.04 Å². The van der Waals surface area contributed by atoms with Gasteiger partial charge in [0.15, 0.2) is 11.5 Å². The number of hydrogen-bond donors (Lipinski definition) is 1. The Morgan fingerprint density at radius 2 is 2.05 bits per heavy atom. The molecule has 1 saturated heterocycles. The van der Waals surface area contributed by atoms with Crippen LogP contribution in [0.1, 0.15) is 18.9 Å². The van der Waals surface area contributed by atoms with E-state index in [1.54, 1.807) is 12.7 Å². The van der Waals surface area contributed by atoms with Gasteiger partial charge in [-0.3, -0.25) is 0 Å². The van der Waals surface area contributed by atoms with Crippen LogP contribution in [0.5, 0.6) is 0 Å². The molecule has 0 saturated carbocycles. The van der Waals surface area contributed by atoms with Crippen LogP contribution in [-0.4, -0.2) is 42.6 Å². The Balaban J connectivity index is 1.56. The van der Waals surface area contributed by atoms with Gasteiger partial charge in [0.05, 0.1) is 12.7 Å². The minimum atomic E-state index is 0.535. The van der Waals surface area contributed by atoms with Gasteiger partial charge in [-0.25, -0.2) is 19.9 Å². The Labute approximate surface area is 115 Å². The number of nitrogens with zero attached hydrogens (tertiary/aromatic N) is 6. The molecule has 20 heavy (non-hydrogen) atoms. The number of aromatic amines is 1. The fraction of sp³-hybridized carbons (Fsp3) is 0.385. The van der Waals surface area contributed by atoms with Crippen molar-refractivity contribution in [1.82, 2.24) is 29.5 Å². The van der Waals surface area contributed by atoms with E-state index < -0.39 is 0 Å². The molecule has 0 atom stereocenters. The highest BCUT2D eigenvalue weighted by atomic mass is 15.2. The lowest BCUT2D eigenvalue weighted by Gasteiger charge is -2.33. The van der Waals surface area contributed by atoms with Gasteiger partial charge in [-0.05, 0) is 12.8 Å². The molecule has 3 aromatic heterocycles. The average Bonchev–Trinajstić information content (AvgIpc) is 3.18. The second-order valence-electron chi connectivity index (χ2n) is 5.03. The summed E-state index contributed by atoms with van der Waals surface area (Å²) in [4.78, 5) is 22.3. The Bertz CT molecular complexity index is 694. The molecule has 0 amide bonds. The molecule has 4 rings (SSSR count). The van der Waals surface area contributed by atoms with E-state index >= 15 is 0 Å². The number of rotatable bonds is 2. The van der Waals surface area contributed by atoms with E-state index in [9.17, 15) is 0 Å². The maximum atomic E-state index is 4.41. The molecule has 4 heterocycles. The Hall–Kier alpha value is -2.44. The zero-order valence-electron chi connectivity index (χ0n) is 11.0. The summed E-state index contributed by atoms with van der Waals surface area (Å²) >= 11 is 0. The summed E-state index contributed by atoms with van der Waals surface area (Å²) in [6, 6.07) is 0.535. The van der Waals surface area contributed by atoms with E-state index in [2.05, 4.69) is 34.4 Å². The molecule has 0 aromatic carbocycles. The Morgan fingerprint density at radius 1 is 1.15 bits per heavy atom. The molecule has 3 aromatic rings. The van der Waals surface area contributed by atoms with Crippen LogP contribution >= 0.6 is 0 Å². The van der Waals surface area contributed by atoms with Crippen LogP contribution in [0.4, 0.5) is 5.82 Å².